The van der Waals surface area contributed by atoms with Crippen LogP contribution in [0.3, 0.4) is 0 Å². The van der Waals surface area contributed by atoms with Crippen LogP contribution in [0.1, 0.15) is 18.9 Å². The summed E-state index contributed by atoms with van der Waals surface area (Å²) in [5.74, 6) is 1.74. The lowest BCUT2D eigenvalue weighted by Gasteiger charge is -2.11. The number of guanidine groups is 1. The number of nitrogens with two attached hydrogens (primary N) is 1. The van der Waals surface area contributed by atoms with Crippen molar-refractivity contribution in [3.63, 3.8) is 0 Å². The second-order valence-electron chi connectivity index (χ2n) is 4.49. The van der Waals surface area contributed by atoms with Crippen LogP contribution < -0.4 is 20.5 Å². The molecule has 0 amide bonds. The Balaban J connectivity index is 2.55. The number of nitrogens with one attached hydrogen (secondary N) is 1. The number of methoxy groups -OCH3 is 2. The van der Waals surface area contributed by atoms with Gasteiger partial charge in [0.15, 0.2) is 17.5 Å². The highest BCUT2D eigenvalue weighted by atomic mass is 79.9. The minimum Gasteiger partial charge on any atom is -0.493 e. The lowest BCUT2D eigenvalue weighted by molar-refractivity contribution is 0.145. The number of benzene rings is 1. The molecule has 1 rings (SSSR count). The van der Waals surface area contributed by atoms with E-state index in [2.05, 4.69) is 26.2 Å². The molecule has 3 N–H and O–H groups in total. The van der Waals surface area contributed by atoms with Crippen molar-refractivity contribution >= 4 is 21.9 Å². The van der Waals surface area contributed by atoms with Gasteiger partial charge in [-0.25, -0.2) is 4.99 Å². The van der Waals surface area contributed by atoms with Crippen molar-refractivity contribution in [1.82, 2.24) is 5.32 Å². The number of hydrogen-bond donors (Lipinski definition) is 2. The van der Waals surface area contributed by atoms with E-state index in [0.717, 1.165) is 36.2 Å². The van der Waals surface area contributed by atoms with Crippen LogP contribution in [-0.2, 0) is 11.3 Å². The Labute approximate surface area is 140 Å². The van der Waals surface area contributed by atoms with Crippen LogP contribution in [0.15, 0.2) is 21.6 Å². The molecule has 0 unspecified atom stereocenters. The SMILES string of the molecule is CCOCCCNC(N)=NCc1cc(Br)c(OC)c(OC)c1. The summed E-state index contributed by atoms with van der Waals surface area (Å²) in [4.78, 5) is 4.31. The second kappa shape index (κ2) is 10.3. The highest BCUT2D eigenvalue weighted by Crippen LogP contribution is 2.36. The van der Waals surface area contributed by atoms with Gasteiger partial charge in [-0.1, -0.05) is 0 Å². The van der Waals surface area contributed by atoms with E-state index in [0.29, 0.717) is 24.0 Å². The van der Waals surface area contributed by atoms with Crippen LogP contribution in [0.5, 0.6) is 11.5 Å². The van der Waals surface area contributed by atoms with Gasteiger partial charge in [0.2, 0.25) is 0 Å². The van der Waals surface area contributed by atoms with Gasteiger partial charge in [-0.2, -0.15) is 0 Å². The van der Waals surface area contributed by atoms with Crippen LogP contribution in [-0.4, -0.2) is 39.9 Å². The molecular formula is C15H24BrN3O3. The number of halogens is 1. The highest BCUT2D eigenvalue weighted by molar-refractivity contribution is 9.10. The lowest BCUT2D eigenvalue weighted by Crippen LogP contribution is -2.32. The molecule has 22 heavy (non-hydrogen) atoms. The first kappa shape index (κ1) is 18.6. The van der Waals surface area contributed by atoms with E-state index < -0.39 is 0 Å². The second-order valence-corrected chi connectivity index (χ2v) is 5.35. The summed E-state index contributed by atoms with van der Waals surface area (Å²) in [6.45, 7) is 4.63. The topological polar surface area (TPSA) is 78.1 Å². The minimum absolute atomic E-state index is 0.419. The standard InChI is InChI=1S/C15H24BrN3O3/c1-4-22-7-5-6-18-15(17)19-10-11-8-12(16)14(21-3)13(9-11)20-2/h8-9H,4-7,10H2,1-3H3,(H3,17,18,19). The van der Waals surface area contributed by atoms with Crippen molar-refractivity contribution in [3.8, 4) is 11.5 Å². The zero-order valence-electron chi connectivity index (χ0n) is 13.3. The lowest BCUT2D eigenvalue weighted by atomic mass is 10.2. The summed E-state index contributed by atoms with van der Waals surface area (Å²) in [5.41, 5.74) is 6.81. The Kier molecular flexibility index (Phi) is 8.69. The first-order valence-electron chi connectivity index (χ1n) is 7.14. The van der Waals surface area contributed by atoms with Crippen LogP contribution in [0.25, 0.3) is 0 Å². The van der Waals surface area contributed by atoms with Crippen molar-refractivity contribution in [1.29, 1.82) is 0 Å². The van der Waals surface area contributed by atoms with E-state index in [9.17, 15) is 0 Å². The Morgan fingerprint density at radius 2 is 2.09 bits per heavy atom. The van der Waals surface area contributed by atoms with Gasteiger partial charge in [-0.3, -0.25) is 0 Å². The highest BCUT2D eigenvalue weighted by Gasteiger charge is 2.10. The zero-order chi connectivity index (χ0) is 16.4. The summed E-state index contributed by atoms with van der Waals surface area (Å²) in [7, 11) is 3.20. The van der Waals surface area contributed by atoms with Gasteiger partial charge < -0.3 is 25.3 Å². The predicted octanol–water partition coefficient (Wildman–Crippen LogP) is 2.30. The molecule has 124 valence electrons. The molecule has 0 aliphatic carbocycles. The number of nitrogens with zero attached hydrogens (tertiary/aromatic N) is 1. The van der Waals surface area contributed by atoms with Crippen LogP contribution in [0.4, 0.5) is 0 Å². The number of aliphatic imine (C=N–C) groups is 1. The molecule has 0 aliphatic heterocycles. The minimum atomic E-state index is 0.419. The number of hydrogen-bond acceptors (Lipinski definition) is 4. The molecule has 0 radical (unpaired) electrons. The maximum Gasteiger partial charge on any atom is 0.188 e. The molecule has 1 aromatic carbocycles. The van der Waals surface area contributed by atoms with E-state index in [1.807, 2.05) is 19.1 Å². The molecule has 0 fully saturated rings. The average Bonchev–Trinajstić information content (AvgIpc) is 2.52. The summed E-state index contributed by atoms with van der Waals surface area (Å²) >= 11 is 3.46. The molecule has 0 saturated heterocycles. The molecule has 0 bridgehead atoms. The summed E-state index contributed by atoms with van der Waals surface area (Å²) in [6.07, 6.45) is 0.895. The summed E-state index contributed by atoms with van der Waals surface area (Å²) < 4.78 is 16.7. The third kappa shape index (κ3) is 6.11. The fourth-order valence-electron chi connectivity index (χ4n) is 1.83. The normalized spacial score (nSPS) is 11.4. The maximum atomic E-state index is 5.83. The molecule has 0 heterocycles. The Morgan fingerprint density at radius 3 is 2.73 bits per heavy atom. The third-order valence-corrected chi connectivity index (χ3v) is 3.49. The summed E-state index contributed by atoms with van der Waals surface area (Å²) in [6, 6.07) is 3.82. The summed E-state index contributed by atoms with van der Waals surface area (Å²) in [5, 5.41) is 3.06. The molecule has 0 aromatic heterocycles. The van der Waals surface area contributed by atoms with Crippen molar-refractivity contribution in [2.24, 2.45) is 10.7 Å². The molecular weight excluding hydrogens is 350 g/mol. The van der Waals surface area contributed by atoms with Crippen LogP contribution >= 0.6 is 15.9 Å². The van der Waals surface area contributed by atoms with Gasteiger partial charge in [-0.05, 0) is 47.0 Å². The Hall–Kier alpha value is -1.47. The molecule has 0 atom stereocenters. The average molecular weight is 374 g/mol. The van der Waals surface area contributed by atoms with Crippen molar-refractivity contribution in [3.05, 3.63) is 22.2 Å². The monoisotopic (exact) mass is 373 g/mol. The molecule has 1 aromatic rings. The van der Waals surface area contributed by atoms with E-state index in [1.54, 1.807) is 14.2 Å². The van der Waals surface area contributed by atoms with Gasteiger partial charge in [0, 0.05) is 19.8 Å². The maximum absolute atomic E-state index is 5.83. The van der Waals surface area contributed by atoms with Crippen molar-refractivity contribution in [2.45, 2.75) is 19.9 Å². The van der Waals surface area contributed by atoms with Gasteiger partial charge in [0.05, 0.1) is 25.2 Å². The van der Waals surface area contributed by atoms with Gasteiger partial charge in [0.1, 0.15) is 0 Å². The van der Waals surface area contributed by atoms with Crippen LogP contribution in [0.2, 0.25) is 0 Å². The molecule has 6 nitrogen and oxygen atoms in total. The third-order valence-electron chi connectivity index (χ3n) is 2.90. The van der Waals surface area contributed by atoms with E-state index in [-0.39, 0.29) is 0 Å². The first-order chi connectivity index (χ1) is 10.6. The van der Waals surface area contributed by atoms with Gasteiger partial charge >= 0.3 is 0 Å². The van der Waals surface area contributed by atoms with E-state index in [4.69, 9.17) is 19.9 Å². The van der Waals surface area contributed by atoms with Gasteiger partial charge in [-0.15, -0.1) is 0 Å². The van der Waals surface area contributed by atoms with Crippen LogP contribution in [0, 0.1) is 0 Å². The molecule has 7 heteroatoms. The fourth-order valence-corrected chi connectivity index (χ4v) is 2.48. The smallest absolute Gasteiger partial charge is 0.188 e. The predicted molar refractivity (Wildman–Crippen MR) is 91.7 cm³/mol. The van der Waals surface area contributed by atoms with E-state index in [1.165, 1.54) is 0 Å². The Bertz CT molecular complexity index is 495. The molecule has 0 spiro atoms. The molecule has 0 aliphatic rings. The molecule has 0 saturated carbocycles. The van der Waals surface area contributed by atoms with Crippen molar-refractivity contribution < 1.29 is 14.2 Å². The van der Waals surface area contributed by atoms with Gasteiger partial charge in [0.25, 0.3) is 0 Å². The van der Waals surface area contributed by atoms with Crippen molar-refractivity contribution in [2.75, 3.05) is 34.0 Å². The quantitative estimate of drug-likeness (QED) is 0.394. The van der Waals surface area contributed by atoms with E-state index >= 15 is 0 Å². The largest absolute Gasteiger partial charge is 0.493 e. The number of rotatable bonds is 9. The fraction of sp³-hybridized carbons (Fsp3) is 0.533. The number of ether oxygens (including phenoxy) is 3. The zero-order valence-corrected chi connectivity index (χ0v) is 14.9. The Morgan fingerprint density at radius 1 is 1.32 bits per heavy atom. The first-order valence-corrected chi connectivity index (χ1v) is 7.93.